The molecule has 2 aromatic rings. The lowest BCUT2D eigenvalue weighted by molar-refractivity contribution is 0.550. The molecule has 0 unspecified atom stereocenters. The summed E-state index contributed by atoms with van der Waals surface area (Å²) in [6.07, 6.45) is 5.42. The smallest absolute Gasteiger partial charge is 0.0215 e. The topological polar surface area (TPSA) is 0 Å². The van der Waals surface area contributed by atoms with Crippen molar-refractivity contribution in [1.82, 2.24) is 0 Å². The third kappa shape index (κ3) is 1.66. The van der Waals surface area contributed by atoms with Gasteiger partial charge in [-0.15, -0.1) is 0 Å². The van der Waals surface area contributed by atoms with Crippen molar-refractivity contribution in [2.45, 2.75) is 44.9 Å². The molecule has 19 heavy (non-hydrogen) atoms. The molecular formula is C19H22. The van der Waals surface area contributed by atoms with Gasteiger partial charge in [0.15, 0.2) is 0 Å². The van der Waals surface area contributed by atoms with Crippen LogP contribution in [0.15, 0.2) is 48.5 Å². The SMILES string of the molecule is CC.c1ccc2c(c1)-c1ccccc1C21CCCC1. The van der Waals surface area contributed by atoms with Crippen LogP contribution in [-0.2, 0) is 5.41 Å². The highest BCUT2D eigenvalue weighted by Crippen LogP contribution is 2.56. The predicted molar refractivity (Wildman–Crippen MR) is 82.5 cm³/mol. The van der Waals surface area contributed by atoms with Crippen molar-refractivity contribution in [1.29, 1.82) is 0 Å². The Morgan fingerprint density at radius 2 is 1.11 bits per heavy atom. The Bertz CT molecular complexity index is 527. The van der Waals surface area contributed by atoms with Crippen molar-refractivity contribution in [2.24, 2.45) is 0 Å². The summed E-state index contributed by atoms with van der Waals surface area (Å²) in [6.45, 7) is 4.00. The average Bonchev–Trinajstić information content (AvgIpc) is 3.09. The van der Waals surface area contributed by atoms with Gasteiger partial charge in [0, 0.05) is 5.41 Å². The fourth-order valence-corrected chi connectivity index (χ4v) is 3.93. The number of benzene rings is 2. The minimum absolute atomic E-state index is 0.354. The Morgan fingerprint density at radius 1 is 0.684 bits per heavy atom. The standard InChI is InChI=1S/C17H16.C2H6/c1-3-9-15-13(7-1)14-8-2-4-10-16(14)17(15)11-5-6-12-17;1-2/h1-4,7-10H,5-6,11-12H2;1-2H3. The minimum atomic E-state index is 0.354. The van der Waals surface area contributed by atoms with Crippen LogP contribution in [0.2, 0.25) is 0 Å². The first-order valence-corrected chi connectivity index (χ1v) is 7.61. The molecule has 0 bridgehead atoms. The predicted octanol–water partition coefficient (Wildman–Crippen LogP) is 5.55. The highest BCUT2D eigenvalue weighted by molar-refractivity contribution is 5.81. The van der Waals surface area contributed by atoms with Crippen molar-refractivity contribution >= 4 is 0 Å². The second kappa shape index (κ2) is 4.85. The van der Waals surface area contributed by atoms with Gasteiger partial charge in [0.25, 0.3) is 0 Å². The van der Waals surface area contributed by atoms with E-state index < -0.39 is 0 Å². The highest BCUT2D eigenvalue weighted by Gasteiger charge is 2.44. The zero-order valence-corrected chi connectivity index (χ0v) is 11.9. The van der Waals surface area contributed by atoms with E-state index >= 15 is 0 Å². The van der Waals surface area contributed by atoms with Gasteiger partial charge >= 0.3 is 0 Å². The Labute approximate surface area is 116 Å². The van der Waals surface area contributed by atoms with Crippen LogP contribution in [0.5, 0.6) is 0 Å². The summed E-state index contributed by atoms with van der Waals surface area (Å²) in [5.74, 6) is 0. The van der Waals surface area contributed by atoms with Crippen molar-refractivity contribution in [3.63, 3.8) is 0 Å². The Kier molecular flexibility index (Phi) is 3.18. The number of rotatable bonds is 0. The molecule has 2 aliphatic rings. The summed E-state index contributed by atoms with van der Waals surface area (Å²) in [6, 6.07) is 18.0. The molecule has 0 saturated heterocycles. The van der Waals surface area contributed by atoms with Crippen LogP contribution in [0.1, 0.15) is 50.7 Å². The molecule has 0 N–H and O–H groups in total. The molecule has 0 aliphatic heterocycles. The molecule has 0 heterocycles. The van der Waals surface area contributed by atoms with Crippen LogP contribution in [0.3, 0.4) is 0 Å². The molecule has 0 heteroatoms. The van der Waals surface area contributed by atoms with Crippen molar-refractivity contribution < 1.29 is 0 Å². The summed E-state index contributed by atoms with van der Waals surface area (Å²) < 4.78 is 0. The fraction of sp³-hybridized carbons (Fsp3) is 0.368. The van der Waals surface area contributed by atoms with Crippen molar-refractivity contribution in [2.75, 3.05) is 0 Å². The van der Waals surface area contributed by atoms with E-state index in [0.717, 1.165) is 0 Å². The average molecular weight is 250 g/mol. The number of hydrogen-bond donors (Lipinski definition) is 0. The van der Waals surface area contributed by atoms with E-state index in [1.807, 2.05) is 13.8 Å². The second-order valence-electron chi connectivity index (χ2n) is 5.38. The van der Waals surface area contributed by atoms with Gasteiger partial charge < -0.3 is 0 Å². The minimum Gasteiger partial charge on any atom is -0.0683 e. The molecule has 2 aliphatic carbocycles. The molecule has 1 saturated carbocycles. The Balaban J connectivity index is 0.000000528. The van der Waals surface area contributed by atoms with Gasteiger partial charge in [-0.2, -0.15) is 0 Å². The largest absolute Gasteiger partial charge is 0.0683 e. The molecule has 1 fully saturated rings. The van der Waals surface area contributed by atoms with E-state index in [9.17, 15) is 0 Å². The molecular weight excluding hydrogens is 228 g/mol. The molecule has 98 valence electrons. The van der Waals surface area contributed by atoms with Crippen LogP contribution in [0.25, 0.3) is 11.1 Å². The van der Waals surface area contributed by atoms with Gasteiger partial charge in [0.1, 0.15) is 0 Å². The van der Waals surface area contributed by atoms with Gasteiger partial charge in [-0.1, -0.05) is 75.2 Å². The molecule has 2 aromatic carbocycles. The van der Waals surface area contributed by atoms with Crippen LogP contribution in [0, 0.1) is 0 Å². The lowest BCUT2D eigenvalue weighted by Gasteiger charge is -2.26. The van der Waals surface area contributed by atoms with E-state index in [0.29, 0.717) is 5.41 Å². The normalized spacial score (nSPS) is 17.6. The molecule has 0 atom stereocenters. The van der Waals surface area contributed by atoms with Crippen LogP contribution in [0.4, 0.5) is 0 Å². The highest BCUT2D eigenvalue weighted by atomic mass is 14.5. The summed E-state index contributed by atoms with van der Waals surface area (Å²) in [5.41, 5.74) is 6.47. The summed E-state index contributed by atoms with van der Waals surface area (Å²) in [7, 11) is 0. The van der Waals surface area contributed by atoms with E-state index in [2.05, 4.69) is 48.5 Å². The summed E-state index contributed by atoms with van der Waals surface area (Å²) >= 11 is 0. The monoisotopic (exact) mass is 250 g/mol. The van der Waals surface area contributed by atoms with E-state index in [1.54, 1.807) is 11.1 Å². The lowest BCUT2D eigenvalue weighted by atomic mass is 9.77. The maximum Gasteiger partial charge on any atom is 0.0215 e. The first-order chi connectivity index (χ1) is 9.42. The van der Waals surface area contributed by atoms with E-state index in [4.69, 9.17) is 0 Å². The van der Waals surface area contributed by atoms with Gasteiger partial charge in [0.2, 0.25) is 0 Å². The van der Waals surface area contributed by atoms with Gasteiger partial charge in [-0.3, -0.25) is 0 Å². The van der Waals surface area contributed by atoms with Crippen LogP contribution < -0.4 is 0 Å². The molecule has 4 rings (SSSR count). The zero-order chi connectivity index (χ0) is 13.3. The van der Waals surface area contributed by atoms with Crippen molar-refractivity contribution in [3.05, 3.63) is 59.7 Å². The van der Waals surface area contributed by atoms with Gasteiger partial charge in [-0.05, 0) is 35.1 Å². The van der Waals surface area contributed by atoms with Crippen molar-refractivity contribution in [3.8, 4) is 11.1 Å². The molecule has 0 aromatic heterocycles. The van der Waals surface area contributed by atoms with E-state index in [1.165, 1.54) is 36.8 Å². The third-order valence-electron chi connectivity index (χ3n) is 4.63. The van der Waals surface area contributed by atoms with Crippen LogP contribution >= 0.6 is 0 Å². The molecule has 0 radical (unpaired) electrons. The Morgan fingerprint density at radius 3 is 1.58 bits per heavy atom. The molecule has 0 amide bonds. The van der Waals surface area contributed by atoms with Crippen LogP contribution in [-0.4, -0.2) is 0 Å². The number of hydrogen-bond acceptors (Lipinski definition) is 0. The quantitative estimate of drug-likeness (QED) is 0.574. The molecule has 0 nitrogen and oxygen atoms in total. The third-order valence-corrected chi connectivity index (χ3v) is 4.63. The lowest BCUT2D eigenvalue weighted by Crippen LogP contribution is -2.20. The van der Waals surface area contributed by atoms with E-state index in [-0.39, 0.29) is 0 Å². The second-order valence-corrected chi connectivity index (χ2v) is 5.38. The molecule has 1 spiro atoms. The summed E-state index contributed by atoms with van der Waals surface area (Å²) in [4.78, 5) is 0. The summed E-state index contributed by atoms with van der Waals surface area (Å²) in [5, 5.41) is 0. The Hall–Kier alpha value is -1.56. The van der Waals surface area contributed by atoms with Gasteiger partial charge in [0.05, 0.1) is 0 Å². The fourth-order valence-electron chi connectivity index (χ4n) is 3.93. The first-order valence-electron chi connectivity index (χ1n) is 7.61. The maximum atomic E-state index is 2.35. The zero-order valence-electron chi connectivity index (χ0n) is 11.9. The number of fused-ring (bicyclic) bond motifs is 5. The first kappa shape index (κ1) is 12.5. The maximum absolute atomic E-state index is 2.35. The van der Waals surface area contributed by atoms with Gasteiger partial charge in [-0.25, -0.2) is 0 Å².